The van der Waals surface area contributed by atoms with E-state index in [2.05, 4.69) is 11.8 Å². The maximum absolute atomic E-state index is 13.7. The minimum Gasteiger partial charge on any atom is -0.481 e. The fraction of sp³-hybridized carbons (Fsp3) is 0.583. The zero-order chi connectivity index (χ0) is 25.9. The van der Waals surface area contributed by atoms with E-state index in [0.717, 1.165) is 4.31 Å². The second-order valence-electron chi connectivity index (χ2n) is 9.64. The van der Waals surface area contributed by atoms with Crippen molar-refractivity contribution in [1.82, 2.24) is 4.31 Å². The van der Waals surface area contributed by atoms with Gasteiger partial charge in [0.15, 0.2) is 0 Å². The highest BCUT2D eigenvalue weighted by molar-refractivity contribution is 8.01. The molecule has 10 heteroatoms. The van der Waals surface area contributed by atoms with Crippen LogP contribution in [0.5, 0.6) is 5.75 Å². The van der Waals surface area contributed by atoms with Gasteiger partial charge in [-0.05, 0) is 72.7 Å². The first-order chi connectivity index (χ1) is 15.5. The van der Waals surface area contributed by atoms with Gasteiger partial charge in [-0.15, -0.1) is 17.7 Å². The molecule has 0 saturated carbocycles. The second-order valence-corrected chi connectivity index (χ2v) is 13.4. The molecular weight excluding hydrogens is 478 g/mol. The van der Waals surface area contributed by atoms with Gasteiger partial charge in [0.05, 0.1) is 11.3 Å². The van der Waals surface area contributed by atoms with Crippen molar-refractivity contribution in [3.63, 3.8) is 0 Å². The highest BCUT2D eigenvalue weighted by Crippen LogP contribution is 2.49. The van der Waals surface area contributed by atoms with Gasteiger partial charge in [-0.2, -0.15) is 4.31 Å². The maximum Gasteiger partial charge on any atom is 0.326 e. The number of nitrogens with zero attached hydrogens (tertiary/aromatic N) is 1. The Hall–Kier alpha value is -2.22. The third-order valence-corrected chi connectivity index (χ3v) is 9.23. The Morgan fingerprint density at radius 1 is 1.21 bits per heavy atom. The third kappa shape index (κ3) is 6.06. The van der Waals surface area contributed by atoms with Crippen LogP contribution >= 0.6 is 11.8 Å². The van der Waals surface area contributed by atoms with Crippen LogP contribution in [-0.4, -0.2) is 64.1 Å². The van der Waals surface area contributed by atoms with Crippen molar-refractivity contribution >= 4 is 33.7 Å². The molecule has 34 heavy (non-hydrogen) atoms. The number of thioether (sulfide) groups is 1. The standard InChI is InChI=1S/C24H33NO7S2/c1-8-9-14-31-17-10-12-19(13-11-17)34(29,30)25-16-18(15-20(26)32-22(2,3)4)33-23(5,6)24(25,7)21(27)28/h10-13,18H,14-16H2,1-7H3,(H,27,28)/t18-,24-/m0/s1. The van der Waals surface area contributed by atoms with Gasteiger partial charge in [0.1, 0.15) is 23.5 Å². The van der Waals surface area contributed by atoms with E-state index >= 15 is 0 Å². The van der Waals surface area contributed by atoms with Crippen molar-refractivity contribution in [2.75, 3.05) is 13.2 Å². The molecule has 0 aromatic heterocycles. The molecule has 1 saturated heterocycles. The zero-order valence-electron chi connectivity index (χ0n) is 20.7. The van der Waals surface area contributed by atoms with Crippen molar-refractivity contribution in [2.45, 2.75) is 80.9 Å². The van der Waals surface area contributed by atoms with E-state index in [1.807, 2.05) is 0 Å². The molecule has 1 aliphatic rings. The number of aliphatic carboxylic acids is 1. The van der Waals surface area contributed by atoms with E-state index in [4.69, 9.17) is 9.47 Å². The summed E-state index contributed by atoms with van der Waals surface area (Å²) in [5.74, 6) is 4.18. The zero-order valence-corrected chi connectivity index (χ0v) is 22.3. The molecule has 0 unspecified atom stereocenters. The number of carboxylic acids is 1. The first-order valence-corrected chi connectivity index (χ1v) is 13.1. The van der Waals surface area contributed by atoms with E-state index in [-0.39, 0.29) is 24.5 Å². The number of carbonyl (C=O) groups excluding carboxylic acids is 1. The van der Waals surface area contributed by atoms with E-state index in [9.17, 15) is 23.1 Å². The summed E-state index contributed by atoms with van der Waals surface area (Å²) in [4.78, 5) is 24.9. The minimum atomic E-state index is -4.23. The third-order valence-electron chi connectivity index (χ3n) is 5.63. The van der Waals surface area contributed by atoms with Crippen LogP contribution in [0.3, 0.4) is 0 Å². The van der Waals surface area contributed by atoms with E-state index in [1.54, 1.807) is 41.5 Å². The van der Waals surface area contributed by atoms with Crippen LogP contribution in [-0.2, 0) is 24.3 Å². The Bertz CT molecular complexity index is 1080. The van der Waals surface area contributed by atoms with E-state index < -0.39 is 43.1 Å². The van der Waals surface area contributed by atoms with E-state index in [1.165, 1.54) is 43.0 Å². The summed E-state index contributed by atoms with van der Waals surface area (Å²) in [6.07, 6.45) is -0.0433. The lowest BCUT2D eigenvalue weighted by molar-refractivity contribution is -0.154. The Labute approximate surface area is 206 Å². The number of esters is 1. The molecule has 188 valence electrons. The topological polar surface area (TPSA) is 110 Å². The average Bonchev–Trinajstić information content (AvgIpc) is 2.69. The SMILES string of the molecule is CC#CCOc1ccc(S(=O)(=O)N2C[C@H](CC(=O)OC(C)(C)C)SC(C)(C)[C@]2(C)C(=O)O)cc1. The largest absolute Gasteiger partial charge is 0.481 e. The Morgan fingerprint density at radius 2 is 1.79 bits per heavy atom. The summed E-state index contributed by atoms with van der Waals surface area (Å²) in [6.45, 7) is 11.7. The summed E-state index contributed by atoms with van der Waals surface area (Å²) in [6, 6.07) is 5.77. The molecular formula is C24H33NO7S2. The molecule has 0 radical (unpaired) electrons. The Balaban J connectivity index is 2.42. The molecule has 1 aromatic rings. The number of carbonyl (C=O) groups is 2. The first kappa shape index (κ1) is 28.0. The van der Waals surface area contributed by atoms with Crippen molar-refractivity contribution in [3.8, 4) is 17.6 Å². The highest BCUT2D eigenvalue weighted by atomic mass is 32.2. The molecule has 8 nitrogen and oxygen atoms in total. The summed E-state index contributed by atoms with van der Waals surface area (Å²) in [5.41, 5.74) is -2.44. The predicted octanol–water partition coefficient (Wildman–Crippen LogP) is 3.55. The number of ether oxygens (including phenoxy) is 2. The van der Waals surface area contributed by atoms with Gasteiger partial charge >= 0.3 is 11.9 Å². The summed E-state index contributed by atoms with van der Waals surface area (Å²) in [5, 5.41) is 9.67. The Kier molecular flexibility index (Phi) is 8.39. The minimum absolute atomic E-state index is 0.0433. The first-order valence-electron chi connectivity index (χ1n) is 10.8. The summed E-state index contributed by atoms with van der Waals surface area (Å²) >= 11 is 1.29. The fourth-order valence-corrected chi connectivity index (χ4v) is 7.39. The molecule has 2 rings (SSSR count). The number of hydrogen-bond acceptors (Lipinski definition) is 7. The van der Waals surface area contributed by atoms with Crippen molar-refractivity contribution in [3.05, 3.63) is 24.3 Å². The number of benzene rings is 1. The van der Waals surface area contributed by atoms with Crippen molar-refractivity contribution < 1.29 is 32.6 Å². The highest BCUT2D eigenvalue weighted by Gasteiger charge is 2.60. The molecule has 0 aliphatic carbocycles. The van der Waals surface area contributed by atoms with Crippen molar-refractivity contribution in [2.24, 2.45) is 0 Å². The van der Waals surface area contributed by atoms with Gasteiger partial charge < -0.3 is 14.6 Å². The monoisotopic (exact) mass is 511 g/mol. The quantitative estimate of drug-likeness (QED) is 0.437. The maximum atomic E-state index is 13.7. The van der Waals surface area contributed by atoms with E-state index in [0.29, 0.717) is 5.75 Å². The average molecular weight is 512 g/mol. The van der Waals surface area contributed by atoms with Gasteiger partial charge in [0.2, 0.25) is 10.0 Å². The normalized spacial score (nSPS) is 22.9. The van der Waals surface area contributed by atoms with Crippen LogP contribution in [0.2, 0.25) is 0 Å². The van der Waals surface area contributed by atoms with Gasteiger partial charge in [-0.3, -0.25) is 9.59 Å². The number of hydrogen-bond donors (Lipinski definition) is 1. The molecule has 0 spiro atoms. The molecule has 1 aromatic carbocycles. The molecule has 1 heterocycles. The predicted molar refractivity (Wildman–Crippen MR) is 131 cm³/mol. The summed E-state index contributed by atoms with van der Waals surface area (Å²) < 4.78 is 38.2. The van der Waals surface area contributed by atoms with Crippen LogP contribution < -0.4 is 4.74 Å². The molecule has 1 N–H and O–H groups in total. The Morgan fingerprint density at radius 3 is 2.29 bits per heavy atom. The van der Waals surface area contributed by atoms with Crippen LogP contribution in [0.15, 0.2) is 29.2 Å². The van der Waals surface area contributed by atoms with Crippen LogP contribution in [0.1, 0.15) is 54.9 Å². The smallest absolute Gasteiger partial charge is 0.326 e. The van der Waals surface area contributed by atoms with Crippen molar-refractivity contribution in [1.29, 1.82) is 0 Å². The van der Waals surface area contributed by atoms with Gasteiger partial charge in [-0.1, -0.05) is 5.92 Å². The van der Waals surface area contributed by atoms with Gasteiger partial charge in [0.25, 0.3) is 0 Å². The van der Waals surface area contributed by atoms with Crippen LogP contribution in [0.4, 0.5) is 0 Å². The lowest BCUT2D eigenvalue weighted by atomic mass is 9.86. The molecule has 1 fully saturated rings. The fourth-order valence-electron chi connectivity index (χ4n) is 3.64. The number of sulfonamides is 1. The van der Waals surface area contributed by atoms with Crippen LogP contribution in [0, 0.1) is 11.8 Å². The number of carboxylic acid groups (broad SMARTS) is 1. The van der Waals surface area contributed by atoms with Gasteiger partial charge in [-0.25, -0.2) is 8.42 Å². The van der Waals surface area contributed by atoms with Gasteiger partial charge in [0, 0.05) is 16.5 Å². The lowest BCUT2D eigenvalue weighted by Crippen LogP contribution is -2.69. The molecule has 1 aliphatic heterocycles. The molecule has 2 atom stereocenters. The lowest BCUT2D eigenvalue weighted by Gasteiger charge is -2.52. The molecule has 0 bridgehead atoms. The second kappa shape index (κ2) is 10.2. The number of rotatable bonds is 7. The van der Waals surface area contributed by atoms with Crippen LogP contribution in [0.25, 0.3) is 0 Å². The molecule has 0 amide bonds. The summed E-state index contributed by atoms with van der Waals surface area (Å²) in [7, 11) is -4.23.